The van der Waals surface area contributed by atoms with Crippen LogP contribution in [-0.2, 0) is 5.88 Å². The summed E-state index contributed by atoms with van der Waals surface area (Å²) in [5, 5.41) is 3.69. The summed E-state index contributed by atoms with van der Waals surface area (Å²) in [7, 11) is 0. The number of nitrogens with zero attached hydrogens (tertiary/aromatic N) is 2. The summed E-state index contributed by atoms with van der Waals surface area (Å²) in [6, 6.07) is 0. The van der Waals surface area contributed by atoms with E-state index in [9.17, 15) is 0 Å². The molecule has 0 spiro atoms. The molecule has 0 unspecified atom stereocenters. The van der Waals surface area contributed by atoms with Gasteiger partial charge < -0.3 is 4.52 Å². The number of halogens is 1. The van der Waals surface area contributed by atoms with E-state index in [-0.39, 0.29) is 11.1 Å². The van der Waals surface area contributed by atoms with Crippen LogP contribution in [0.2, 0.25) is 0 Å². The lowest BCUT2D eigenvalue weighted by Gasteiger charge is -1.71. The van der Waals surface area contributed by atoms with E-state index in [2.05, 4.69) is 27.3 Å². The maximum Gasteiger partial charge on any atom is 0.282 e. The molecular formula is C3H3ClN2OS. The average Bonchev–Trinajstić information content (AvgIpc) is 2.14. The molecule has 0 radical (unpaired) electrons. The van der Waals surface area contributed by atoms with Crippen LogP contribution in [0.5, 0.6) is 0 Å². The molecule has 0 atom stereocenters. The van der Waals surface area contributed by atoms with Crippen molar-refractivity contribution in [2.75, 3.05) is 0 Å². The molecule has 1 heterocycles. The molecule has 0 saturated heterocycles. The van der Waals surface area contributed by atoms with E-state index in [1.165, 1.54) is 0 Å². The molecule has 1 aromatic heterocycles. The molecular weight excluding hydrogens is 148 g/mol. The fourth-order valence-electron chi connectivity index (χ4n) is 0.299. The normalized spacial score (nSPS) is 9.75. The number of hydrogen-bond donors (Lipinski definition) is 1. The summed E-state index contributed by atoms with van der Waals surface area (Å²) in [5.41, 5.74) is 0. The first-order valence-corrected chi connectivity index (χ1v) is 2.88. The van der Waals surface area contributed by atoms with E-state index in [4.69, 9.17) is 11.6 Å². The molecule has 44 valence electrons. The standard InChI is InChI=1S/C3H3ClN2OS/c4-1-2-5-3(8)7-6-2/h1H2,(H,5,6,8). The predicted octanol–water partition coefficient (Wildman–Crippen LogP) is 1.10. The Hall–Kier alpha value is -0.220. The van der Waals surface area contributed by atoms with Crippen molar-refractivity contribution in [1.82, 2.24) is 10.1 Å². The van der Waals surface area contributed by atoms with Gasteiger partial charge in [-0.3, -0.25) is 0 Å². The smallest absolute Gasteiger partial charge is 0.282 e. The molecule has 0 bridgehead atoms. The molecule has 1 rings (SSSR count). The quantitative estimate of drug-likeness (QED) is 0.481. The Morgan fingerprint density at radius 1 is 1.75 bits per heavy atom. The third kappa shape index (κ3) is 1.14. The number of rotatable bonds is 1. The summed E-state index contributed by atoms with van der Waals surface area (Å²) >= 11 is 9.08. The van der Waals surface area contributed by atoms with Gasteiger partial charge in [-0.15, -0.1) is 11.6 Å². The molecule has 5 heteroatoms. The van der Waals surface area contributed by atoms with Crippen molar-refractivity contribution in [3.8, 4) is 0 Å². The minimum atomic E-state index is 0.251. The van der Waals surface area contributed by atoms with E-state index in [0.717, 1.165) is 0 Å². The van der Waals surface area contributed by atoms with Crippen molar-refractivity contribution >= 4 is 24.2 Å². The van der Waals surface area contributed by atoms with Gasteiger partial charge in [0.25, 0.3) is 5.22 Å². The number of alkyl halides is 1. The SMILES string of the molecule is Sc1nc(CCl)no1. The summed E-state index contributed by atoms with van der Waals surface area (Å²) in [6.07, 6.45) is 0. The highest BCUT2D eigenvalue weighted by Gasteiger charge is 1.97. The lowest BCUT2D eigenvalue weighted by molar-refractivity contribution is 0.339. The van der Waals surface area contributed by atoms with Gasteiger partial charge in [-0.2, -0.15) is 4.98 Å². The van der Waals surface area contributed by atoms with Gasteiger partial charge in [0.1, 0.15) is 0 Å². The summed E-state index contributed by atoms with van der Waals surface area (Å²) in [4.78, 5) is 3.68. The zero-order chi connectivity index (χ0) is 5.98. The lowest BCUT2D eigenvalue weighted by Crippen LogP contribution is -1.77. The Balaban J connectivity index is 2.84. The van der Waals surface area contributed by atoms with Crippen LogP contribution in [0, 0.1) is 0 Å². The second-order valence-electron chi connectivity index (χ2n) is 1.13. The molecule has 0 amide bonds. The van der Waals surface area contributed by atoms with Crippen molar-refractivity contribution in [2.45, 2.75) is 11.1 Å². The minimum Gasteiger partial charge on any atom is -0.327 e. The van der Waals surface area contributed by atoms with E-state index >= 15 is 0 Å². The van der Waals surface area contributed by atoms with Crippen LogP contribution in [0.25, 0.3) is 0 Å². The molecule has 8 heavy (non-hydrogen) atoms. The molecule has 0 aliphatic rings. The fourth-order valence-corrected chi connectivity index (χ4v) is 0.564. The highest BCUT2D eigenvalue weighted by molar-refractivity contribution is 7.80. The first kappa shape index (κ1) is 5.91. The van der Waals surface area contributed by atoms with Crippen LogP contribution in [0.4, 0.5) is 0 Å². The van der Waals surface area contributed by atoms with Gasteiger partial charge in [-0.25, -0.2) is 0 Å². The van der Waals surface area contributed by atoms with Crippen molar-refractivity contribution in [3.63, 3.8) is 0 Å². The van der Waals surface area contributed by atoms with Crippen molar-refractivity contribution < 1.29 is 4.52 Å². The molecule has 0 aliphatic carbocycles. The third-order valence-corrected chi connectivity index (χ3v) is 0.998. The molecule has 0 aromatic carbocycles. The Morgan fingerprint density at radius 3 is 2.75 bits per heavy atom. The van der Waals surface area contributed by atoms with Gasteiger partial charge in [0.05, 0.1) is 5.88 Å². The second kappa shape index (κ2) is 2.37. The number of hydrogen-bond acceptors (Lipinski definition) is 4. The maximum atomic E-state index is 5.32. The molecule has 1 aromatic rings. The Morgan fingerprint density at radius 2 is 2.50 bits per heavy atom. The van der Waals surface area contributed by atoms with Gasteiger partial charge >= 0.3 is 0 Å². The summed E-state index contributed by atoms with van der Waals surface area (Å²) < 4.78 is 4.47. The van der Waals surface area contributed by atoms with E-state index in [0.29, 0.717) is 5.82 Å². The first-order chi connectivity index (χ1) is 3.83. The molecule has 3 nitrogen and oxygen atoms in total. The molecule has 0 N–H and O–H groups in total. The van der Waals surface area contributed by atoms with E-state index in [1.807, 2.05) is 0 Å². The van der Waals surface area contributed by atoms with Crippen molar-refractivity contribution in [2.24, 2.45) is 0 Å². The zero-order valence-corrected chi connectivity index (χ0v) is 5.49. The number of aromatic nitrogens is 2. The zero-order valence-electron chi connectivity index (χ0n) is 3.83. The van der Waals surface area contributed by atoms with Crippen LogP contribution in [0.15, 0.2) is 9.75 Å². The monoisotopic (exact) mass is 150 g/mol. The highest BCUT2D eigenvalue weighted by atomic mass is 35.5. The summed E-state index contributed by atoms with van der Waals surface area (Å²) in [5.74, 6) is 0.737. The van der Waals surface area contributed by atoms with Crippen LogP contribution >= 0.6 is 24.2 Å². The highest BCUT2D eigenvalue weighted by Crippen LogP contribution is 2.02. The fraction of sp³-hybridized carbons (Fsp3) is 0.333. The Labute approximate surface area is 56.4 Å². The number of thiol groups is 1. The van der Waals surface area contributed by atoms with Crippen LogP contribution < -0.4 is 0 Å². The average molecular weight is 151 g/mol. The molecule has 0 fully saturated rings. The Bertz CT molecular complexity index is 178. The van der Waals surface area contributed by atoms with Gasteiger partial charge in [0, 0.05) is 0 Å². The van der Waals surface area contributed by atoms with E-state index < -0.39 is 0 Å². The second-order valence-corrected chi connectivity index (χ2v) is 1.78. The Kier molecular flexibility index (Phi) is 1.75. The largest absolute Gasteiger partial charge is 0.327 e. The lowest BCUT2D eigenvalue weighted by atomic mass is 10.7. The topological polar surface area (TPSA) is 38.9 Å². The van der Waals surface area contributed by atoms with Gasteiger partial charge in [0.15, 0.2) is 5.82 Å². The third-order valence-electron chi connectivity index (χ3n) is 0.577. The first-order valence-electron chi connectivity index (χ1n) is 1.90. The summed E-state index contributed by atoms with van der Waals surface area (Å²) in [6.45, 7) is 0. The van der Waals surface area contributed by atoms with E-state index in [1.54, 1.807) is 0 Å². The van der Waals surface area contributed by atoms with Gasteiger partial charge in [-0.1, -0.05) is 17.8 Å². The van der Waals surface area contributed by atoms with Crippen molar-refractivity contribution in [3.05, 3.63) is 5.82 Å². The molecule has 0 saturated carbocycles. The minimum absolute atomic E-state index is 0.251. The van der Waals surface area contributed by atoms with Crippen LogP contribution in [0.3, 0.4) is 0 Å². The van der Waals surface area contributed by atoms with Crippen molar-refractivity contribution in [1.29, 1.82) is 0 Å². The van der Waals surface area contributed by atoms with Gasteiger partial charge in [0.2, 0.25) is 0 Å². The maximum absolute atomic E-state index is 5.32. The van der Waals surface area contributed by atoms with Crippen LogP contribution in [-0.4, -0.2) is 10.1 Å². The van der Waals surface area contributed by atoms with Crippen LogP contribution in [0.1, 0.15) is 5.82 Å². The molecule has 0 aliphatic heterocycles. The van der Waals surface area contributed by atoms with Gasteiger partial charge in [-0.05, 0) is 0 Å². The predicted molar refractivity (Wildman–Crippen MR) is 31.1 cm³/mol.